The Morgan fingerprint density at radius 3 is 2.79 bits per heavy atom. The van der Waals surface area contributed by atoms with Crippen LogP contribution in [0.15, 0.2) is 48.7 Å². The molecule has 6 nitrogen and oxygen atoms in total. The maximum absolute atomic E-state index is 4.60. The number of likely N-dealkylation sites (tertiary alicyclic amines) is 1. The van der Waals surface area contributed by atoms with Crippen LogP contribution in [0.25, 0.3) is 11.3 Å². The van der Waals surface area contributed by atoms with E-state index in [1.54, 1.807) is 0 Å². The fourth-order valence-electron chi connectivity index (χ4n) is 4.58. The fourth-order valence-corrected chi connectivity index (χ4v) is 4.58. The summed E-state index contributed by atoms with van der Waals surface area (Å²) in [6.45, 7) is 6.21. The molecule has 1 fully saturated rings. The van der Waals surface area contributed by atoms with Crippen molar-refractivity contribution >= 4 is 0 Å². The maximum atomic E-state index is 4.60. The molecule has 0 amide bonds. The molecule has 150 valence electrons. The summed E-state index contributed by atoms with van der Waals surface area (Å²) in [5.74, 6) is 2.82. The van der Waals surface area contributed by atoms with E-state index >= 15 is 0 Å². The maximum Gasteiger partial charge on any atom is 0.137 e. The van der Waals surface area contributed by atoms with Gasteiger partial charge < -0.3 is 9.88 Å². The summed E-state index contributed by atoms with van der Waals surface area (Å²) in [7, 11) is 0. The summed E-state index contributed by atoms with van der Waals surface area (Å²) in [6.07, 6.45) is 5.25. The van der Waals surface area contributed by atoms with Crippen molar-refractivity contribution in [2.45, 2.75) is 38.3 Å². The van der Waals surface area contributed by atoms with Gasteiger partial charge in [-0.1, -0.05) is 30.3 Å². The van der Waals surface area contributed by atoms with E-state index in [4.69, 9.17) is 0 Å². The molecule has 0 spiro atoms. The first-order valence-electron chi connectivity index (χ1n) is 10.7. The Hall–Kier alpha value is -2.57. The molecular formula is C23H28N6. The Morgan fingerprint density at radius 2 is 1.93 bits per heavy atom. The van der Waals surface area contributed by atoms with E-state index in [1.165, 1.54) is 29.8 Å². The number of hydrogen-bond donors (Lipinski definition) is 1. The molecule has 0 saturated carbocycles. The molecule has 1 aromatic carbocycles. The van der Waals surface area contributed by atoms with E-state index in [9.17, 15) is 0 Å². The Morgan fingerprint density at radius 1 is 1.00 bits per heavy atom. The summed E-state index contributed by atoms with van der Waals surface area (Å²) in [6, 6.07) is 14.9. The van der Waals surface area contributed by atoms with Crippen molar-refractivity contribution in [2.24, 2.45) is 0 Å². The number of pyridine rings is 1. The van der Waals surface area contributed by atoms with E-state index in [0.717, 1.165) is 57.2 Å². The van der Waals surface area contributed by atoms with Crippen LogP contribution in [-0.2, 0) is 19.5 Å². The van der Waals surface area contributed by atoms with Crippen molar-refractivity contribution < 1.29 is 0 Å². The SMILES string of the molecule is c1ccc(-c2ccc(CN3CCCC(c4nnc5n4CCNCC5)C3)cc2)nc1. The minimum absolute atomic E-state index is 0.482. The first-order chi connectivity index (χ1) is 14.4. The van der Waals surface area contributed by atoms with Crippen molar-refractivity contribution in [3.05, 3.63) is 65.9 Å². The summed E-state index contributed by atoms with van der Waals surface area (Å²) >= 11 is 0. The number of hydrogen-bond acceptors (Lipinski definition) is 5. The molecule has 1 atom stereocenters. The van der Waals surface area contributed by atoms with Crippen LogP contribution in [0, 0.1) is 0 Å². The number of fused-ring (bicyclic) bond motifs is 1. The Labute approximate surface area is 172 Å². The lowest BCUT2D eigenvalue weighted by molar-refractivity contribution is 0.194. The van der Waals surface area contributed by atoms with E-state index in [-0.39, 0.29) is 0 Å². The van der Waals surface area contributed by atoms with Crippen LogP contribution in [0.1, 0.15) is 36.0 Å². The van der Waals surface area contributed by atoms with Gasteiger partial charge in [0.2, 0.25) is 0 Å². The van der Waals surface area contributed by atoms with Crippen LogP contribution in [0.2, 0.25) is 0 Å². The van der Waals surface area contributed by atoms with E-state index in [1.807, 2.05) is 18.3 Å². The summed E-state index contributed by atoms with van der Waals surface area (Å²) in [4.78, 5) is 7.01. The molecule has 2 aliphatic rings. The lowest BCUT2D eigenvalue weighted by Crippen LogP contribution is -2.35. The average Bonchev–Trinajstić information content (AvgIpc) is 3.03. The smallest absolute Gasteiger partial charge is 0.137 e. The number of nitrogens with zero attached hydrogens (tertiary/aromatic N) is 5. The topological polar surface area (TPSA) is 58.9 Å². The van der Waals surface area contributed by atoms with Gasteiger partial charge in [-0.2, -0.15) is 0 Å². The molecular weight excluding hydrogens is 360 g/mol. The minimum Gasteiger partial charge on any atom is -0.315 e. The predicted octanol–water partition coefficient (Wildman–Crippen LogP) is 2.87. The van der Waals surface area contributed by atoms with Crippen molar-refractivity contribution in [2.75, 3.05) is 26.2 Å². The molecule has 0 aliphatic carbocycles. The standard InChI is InChI=1S/C23H28N6/c1-2-11-25-21(5-1)19-8-6-18(7-9-19)16-28-14-3-4-20(17-28)23-27-26-22-10-12-24-13-15-29(22)23/h1-2,5-9,11,20,24H,3-4,10,12-17H2. The van der Waals surface area contributed by atoms with Gasteiger partial charge in [-0.15, -0.1) is 10.2 Å². The quantitative estimate of drug-likeness (QED) is 0.745. The molecule has 29 heavy (non-hydrogen) atoms. The largest absolute Gasteiger partial charge is 0.315 e. The van der Waals surface area contributed by atoms with Crippen LogP contribution in [-0.4, -0.2) is 50.8 Å². The molecule has 4 heterocycles. The van der Waals surface area contributed by atoms with Gasteiger partial charge in [0.1, 0.15) is 11.6 Å². The zero-order chi connectivity index (χ0) is 19.5. The number of nitrogens with one attached hydrogen (secondary N) is 1. The van der Waals surface area contributed by atoms with E-state index < -0.39 is 0 Å². The molecule has 1 unspecified atom stereocenters. The van der Waals surface area contributed by atoms with Gasteiger partial charge in [0.15, 0.2) is 0 Å². The van der Waals surface area contributed by atoms with Gasteiger partial charge in [0.25, 0.3) is 0 Å². The predicted molar refractivity (Wildman–Crippen MR) is 114 cm³/mol. The van der Waals surface area contributed by atoms with Gasteiger partial charge in [0.05, 0.1) is 5.69 Å². The molecule has 0 radical (unpaired) electrons. The molecule has 6 heteroatoms. The van der Waals surface area contributed by atoms with Crippen molar-refractivity contribution in [3.63, 3.8) is 0 Å². The molecule has 3 aromatic rings. The lowest BCUT2D eigenvalue weighted by atomic mass is 9.96. The zero-order valence-electron chi connectivity index (χ0n) is 16.8. The fraction of sp³-hybridized carbons (Fsp3) is 0.435. The first-order valence-corrected chi connectivity index (χ1v) is 10.7. The van der Waals surface area contributed by atoms with Crippen LogP contribution < -0.4 is 5.32 Å². The highest BCUT2D eigenvalue weighted by atomic mass is 15.3. The van der Waals surface area contributed by atoms with Gasteiger partial charge in [-0.25, -0.2) is 0 Å². The Kier molecular flexibility index (Phi) is 5.37. The highest BCUT2D eigenvalue weighted by Crippen LogP contribution is 2.28. The zero-order valence-corrected chi connectivity index (χ0v) is 16.8. The second-order valence-corrected chi connectivity index (χ2v) is 8.11. The molecule has 1 saturated heterocycles. The highest BCUT2D eigenvalue weighted by Gasteiger charge is 2.27. The molecule has 2 aromatic heterocycles. The molecule has 5 rings (SSSR count). The van der Waals surface area contributed by atoms with E-state index in [0.29, 0.717) is 5.92 Å². The molecule has 2 aliphatic heterocycles. The number of piperidine rings is 1. The monoisotopic (exact) mass is 388 g/mol. The lowest BCUT2D eigenvalue weighted by Gasteiger charge is -2.32. The summed E-state index contributed by atoms with van der Waals surface area (Å²) < 4.78 is 2.37. The second kappa shape index (κ2) is 8.43. The number of benzene rings is 1. The van der Waals surface area contributed by atoms with Gasteiger partial charge in [-0.3, -0.25) is 9.88 Å². The molecule has 1 N–H and O–H groups in total. The minimum atomic E-state index is 0.482. The normalized spacial score (nSPS) is 20.2. The van der Waals surface area contributed by atoms with Gasteiger partial charge in [-0.05, 0) is 37.1 Å². The molecule has 0 bridgehead atoms. The third kappa shape index (κ3) is 4.09. The highest BCUT2D eigenvalue weighted by molar-refractivity contribution is 5.58. The second-order valence-electron chi connectivity index (χ2n) is 8.11. The van der Waals surface area contributed by atoms with Crippen LogP contribution in [0.4, 0.5) is 0 Å². The third-order valence-corrected chi connectivity index (χ3v) is 6.09. The average molecular weight is 389 g/mol. The van der Waals surface area contributed by atoms with Gasteiger partial charge in [0, 0.05) is 56.8 Å². The Bertz CT molecular complexity index is 934. The van der Waals surface area contributed by atoms with Crippen LogP contribution in [0.3, 0.4) is 0 Å². The van der Waals surface area contributed by atoms with Crippen molar-refractivity contribution in [1.82, 2.24) is 30.0 Å². The first kappa shape index (κ1) is 18.5. The van der Waals surface area contributed by atoms with Crippen molar-refractivity contribution in [3.8, 4) is 11.3 Å². The van der Waals surface area contributed by atoms with Crippen molar-refractivity contribution in [1.29, 1.82) is 0 Å². The Balaban J connectivity index is 1.26. The van der Waals surface area contributed by atoms with E-state index in [2.05, 4.69) is 60.3 Å². The van der Waals surface area contributed by atoms with Gasteiger partial charge >= 0.3 is 0 Å². The van der Waals surface area contributed by atoms with Crippen LogP contribution in [0.5, 0.6) is 0 Å². The van der Waals surface area contributed by atoms with Crippen LogP contribution >= 0.6 is 0 Å². The number of aromatic nitrogens is 4. The third-order valence-electron chi connectivity index (χ3n) is 6.09. The number of rotatable bonds is 4. The summed E-state index contributed by atoms with van der Waals surface area (Å²) in [5.41, 5.74) is 3.55. The summed E-state index contributed by atoms with van der Waals surface area (Å²) in [5, 5.41) is 12.6.